The van der Waals surface area contributed by atoms with Gasteiger partial charge in [0, 0.05) is 10.6 Å². The number of hydrogen-bond acceptors (Lipinski definition) is 5. The summed E-state index contributed by atoms with van der Waals surface area (Å²) in [5.74, 6) is 0.872. The number of nitrogens with two attached hydrogens (primary N) is 1. The summed E-state index contributed by atoms with van der Waals surface area (Å²) in [6.07, 6.45) is 0. The van der Waals surface area contributed by atoms with E-state index in [0.717, 1.165) is 5.56 Å². The van der Waals surface area contributed by atoms with E-state index in [0.29, 0.717) is 33.9 Å². The Morgan fingerprint density at radius 1 is 1.05 bits per heavy atom. The molecule has 1 aromatic heterocycles. The molecule has 0 saturated carbocycles. The van der Waals surface area contributed by atoms with Crippen LogP contribution in [0.5, 0.6) is 5.75 Å². The highest BCUT2D eigenvalue weighted by Crippen LogP contribution is 2.30. The number of anilines is 1. The first kappa shape index (κ1) is 14.7. The molecule has 2 N–H and O–H groups in total. The van der Waals surface area contributed by atoms with Gasteiger partial charge in [0.05, 0.1) is 5.02 Å². The number of halogens is 2. The van der Waals surface area contributed by atoms with Crippen LogP contribution in [0.3, 0.4) is 0 Å². The van der Waals surface area contributed by atoms with Crippen LogP contribution in [0.4, 0.5) is 6.01 Å². The number of aromatic nitrogens is 2. The largest absolute Gasteiger partial charge is 0.487 e. The Kier molecular flexibility index (Phi) is 4.18. The minimum atomic E-state index is 0.00851. The number of nitrogen functional groups attached to an aromatic ring is 1. The van der Waals surface area contributed by atoms with Gasteiger partial charge in [0.1, 0.15) is 12.4 Å². The second kappa shape index (κ2) is 6.25. The lowest BCUT2D eigenvalue weighted by atomic mass is 10.2. The Morgan fingerprint density at radius 2 is 1.82 bits per heavy atom. The van der Waals surface area contributed by atoms with Gasteiger partial charge in [-0.25, -0.2) is 0 Å². The van der Waals surface area contributed by atoms with E-state index in [2.05, 4.69) is 10.2 Å². The number of nitrogens with zero attached hydrogens (tertiary/aromatic N) is 2. The van der Waals surface area contributed by atoms with Gasteiger partial charge in [0.25, 0.3) is 0 Å². The van der Waals surface area contributed by atoms with E-state index in [-0.39, 0.29) is 6.01 Å². The molecule has 0 saturated heterocycles. The lowest BCUT2D eigenvalue weighted by molar-refractivity contribution is 0.306. The van der Waals surface area contributed by atoms with Crippen LogP contribution in [0.2, 0.25) is 10.0 Å². The van der Waals surface area contributed by atoms with Crippen LogP contribution in [0.1, 0.15) is 5.56 Å². The Hall–Kier alpha value is -2.24. The molecule has 0 spiro atoms. The van der Waals surface area contributed by atoms with Crippen molar-refractivity contribution in [3.05, 3.63) is 58.1 Å². The van der Waals surface area contributed by atoms with Crippen LogP contribution in [-0.2, 0) is 6.61 Å². The molecule has 2 aromatic carbocycles. The predicted octanol–water partition coefficient (Wildman–Crippen LogP) is 4.20. The van der Waals surface area contributed by atoms with Crippen molar-refractivity contribution >= 4 is 29.2 Å². The number of hydrogen-bond donors (Lipinski definition) is 1. The molecule has 0 atom stereocenters. The molecule has 0 aliphatic carbocycles. The van der Waals surface area contributed by atoms with Gasteiger partial charge in [-0.3, -0.25) is 0 Å². The Labute approximate surface area is 136 Å². The summed E-state index contributed by atoms with van der Waals surface area (Å²) in [5, 5.41) is 8.54. The molecule has 3 rings (SSSR count). The van der Waals surface area contributed by atoms with Gasteiger partial charge in [-0.2, -0.15) is 0 Å². The summed E-state index contributed by atoms with van der Waals surface area (Å²) in [6, 6.07) is 12.6. The lowest BCUT2D eigenvalue weighted by Gasteiger charge is -2.09. The first-order chi connectivity index (χ1) is 10.6. The molecule has 0 fully saturated rings. The van der Waals surface area contributed by atoms with Crippen LogP contribution in [0.25, 0.3) is 11.5 Å². The molecule has 1 heterocycles. The maximum Gasteiger partial charge on any atom is 0.313 e. The third-order valence-corrected chi connectivity index (χ3v) is 3.47. The molecule has 0 amide bonds. The standard InChI is InChI=1S/C15H11Cl2N3O2/c16-11-4-1-9(2-5-11)8-21-13-6-3-10(7-12(13)17)14-19-20-15(18)22-14/h1-7H,8H2,(H2,18,20). The van der Waals surface area contributed by atoms with Crippen molar-refractivity contribution < 1.29 is 9.15 Å². The topological polar surface area (TPSA) is 74.2 Å². The fraction of sp³-hybridized carbons (Fsp3) is 0.0667. The SMILES string of the molecule is Nc1nnc(-c2ccc(OCc3ccc(Cl)cc3)c(Cl)c2)o1. The van der Waals surface area contributed by atoms with E-state index in [1.807, 2.05) is 24.3 Å². The van der Waals surface area contributed by atoms with E-state index in [4.69, 9.17) is 38.1 Å². The molecule has 7 heteroatoms. The molecular weight excluding hydrogens is 325 g/mol. The van der Waals surface area contributed by atoms with E-state index in [1.165, 1.54) is 0 Å². The highest BCUT2D eigenvalue weighted by Gasteiger charge is 2.10. The second-order valence-electron chi connectivity index (χ2n) is 4.51. The molecule has 0 aliphatic rings. The van der Waals surface area contributed by atoms with Crippen LogP contribution in [-0.4, -0.2) is 10.2 Å². The molecule has 0 bridgehead atoms. The zero-order chi connectivity index (χ0) is 15.5. The van der Waals surface area contributed by atoms with E-state index < -0.39 is 0 Å². The third-order valence-electron chi connectivity index (χ3n) is 2.93. The summed E-state index contributed by atoms with van der Waals surface area (Å²) < 4.78 is 10.8. The molecule has 0 aliphatic heterocycles. The van der Waals surface area contributed by atoms with E-state index in [1.54, 1.807) is 18.2 Å². The van der Waals surface area contributed by atoms with Crippen molar-refractivity contribution in [1.82, 2.24) is 10.2 Å². The highest BCUT2D eigenvalue weighted by molar-refractivity contribution is 6.32. The van der Waals surface area contributed by atoms with Crippen LogP contribution in [0, 0.1) is 0 Å². The minimum Gasteiger partial charge on any atom is -0.487 e. The van der Waals surface area contributed by atoms with Crippen molar-refractivity contribution in [3.8, 4) is 17.2 Å². The predicted molar refractivity (Wildman–Crippen MR) is 84.9 cm³/mol. The summed E-state index contributed by atoms with van der Waals surface area (Å²) >= 11 is 12.1. The number of ether oxygens (including phenoxy) is 1. The summed E-state index contributed by atoms with van der Waals surface area (Å²) in [4.78, 5) is 0. The van der Waals surface area contributed by atoms with Gasteiger partial charge < -0.3 is 14.9 Å². The van der Waals surface area contributed by atoms with E-state index >= 15 is 0 Å². The lowest BCUT2D eigenvalue weighted by Crippen LogP contribution is -1.95. The molecule has 5 nitrogen and oxygen atoms in total. The molecular formula is C15H11Cl2N3O2. The van der Waals surface area contributed by atoms with Crippen LogP contribution < -0.4 is 10.5 Å². The first-order valence-corrected chi connectivity index (χ1v) is 7.13. The van der Waals surface area contributed by atoms with Gasteiger partial charge >= 0.3 is 6.01 Å². The highest BCUT2D eigenvalue weighted by atomic mass is 35.5. The Bertz CT molecular complexity index is 788. The normalized spacial score (nSPS) is 10.6. The molecule has 0 unspecified atom stereocenters. The quantitative estimate of drug-likeness (QED) is 0.773. The first-order valence-electron chi connectivity index (χ1n) is 6.38. The van der Waals surface area contributed by atoms with Gasteiger partial charge in [-0.05, 0) is 35.9 Å². The third kappa shape index (κ3) is 3.32. The minimum absolute atomic E-state index is 0.00851. The van der Waals surface area contributed by atoms with Gasteiger partial charge in [0.15, 0.2) is 0 Å². The Morgan fingerprint density at radius 3 is 2.45 bits per heavy atom. The summed E-state index contributed by atoms with van der Waals surface area (Å²) in [6.45, 7) is 0.393. The number of benzene rings is 2. The average molecular weight is 336 g/mol. The van der Waals surface area contributed by atoms with E-state index in [9.17, 15) is 0 Å². The molecule has 3 aromatic rings. The zero-order valence-corrected chi connectivity index (χ0v) is 12.8. The molecule has 112 valence electrons. The molecule has 0 radical (unpaired) electrons. The van der Waals surface area contributed by atoms with Crippen LogP contribution in [0.15, 0.2) is 46.9 Å². The average Bonchev–Trinajstić information content (AvgIpc) is 2.94. The number of rotatable bonds is 4. The maximum absolute atomic E-state index is 6.21. The van der Waals surface area contributed by atoms with Crippen molar-refractivity contribution in [2.45, 2.75) is 6.61 Å². The van der Waals surface area contributed by atoms with Crippen molar-refractivity contribution in [1.29, 1.82) is 0 Å². The summed E-state index contributed by atoms with van der Waals surface area (Å²) in [5.41, 5.74) is 7.07. The monoisotopic (exact) mass is 335 g/mol. The zero-order valence-electron chi connectivity index (χ0n) is 11.3. The van der Waals surface area contributed by atoms with Crippen molar-refractivity contribution in [2.75, 3.05) is 5.73 Å². The maximum atomic E-state index is 6.21. The smallest absolute Gasteiger partial charge is 0.313 e. The van der Waals surface area contributed by atoms with Gasteiger partial charge in [-0.15, -0.1) is 5.10 Å². The molecule has 22 heavy (non-hydrogen) atoms. The summed E-state index contributed by atoms with van der Waals surface area (Å²) in [7, 11) is 0. The van der Waals surface area contributed by atoms with Gasteiger partial charge in [-0.1, -0.05) is 40.4 Å². The fourth-order valence-electron chi connectivity index (χ4n) is 1.84. The fourth-order valence-corrected chi connectivity index (χ4v) is 2.20. The van der Waals surface area contributed by atoms with Crippen LogP contribution >= 0.6 is 23.2 Å². The van der Waals surface area contributed by atoms with Crippen molar-refractivity contribution in [2.24, 2.45) is 0 Å². The Balaban J connectivity index is 1.73. The second-order valence-corrected chi connectivity index (χ2v) is 5.35. The van der Waals surface area contributed by atoms with Crippen molar-refractivity contribution in [3.63, 3.8) is 0 Å². The van der Waals surface area contributed by atoms with Gasteiger partial charge in [0.2, 0.25) is 5.89 Å².